The molecule has 1 rings (SSSR count). The fourth-order valence-electron chi connectivity index (χ4n) is 2.10. The third kappa shape index (κ3) is 3.08. The molecule has 0 saturated heterocycles. The Balaban J connectivity index is 2.83. The first-order valence-electron chi connectivity index (χ1n) is 6.28. The number of nitrogens with zero attached hydrogens (tertiary/aromatic N) is 2. The molecule has 1 aromatic heterocycles. The molecule has 0 fully saturated rings. The van der Waals surface area contributed by atoms with Crippen molar-refractivity contribution in [3.63, 3.8) is 0 Å². The molecule has 0 unspecified atom stereocenters. The van der Waals surface area contributed by atoms with Crippen LogP contribution in [0.1, 0.15) is 57.3 Å². The Kier molecular flexibility index (Phi) is 5.00. The Morgan fingerprint density at radius 3 is 2.50 bits per heavy atom. The first-order valence-corrected chi connectivity index (χ1v) is 6.28. The normalized spacial score (nSPS) is 11.7. The second-order valence-corrected chi connectivity index (χ2v) is 4.96. The molecular formula is C13H25N3. The maximum atomic E-state index is 4.51. The van der Waals surface area contributed by atoms with Gasteiger partial charge in [-0.05, 0) is 51.8 Å². The number of hydrogen-bond donors (Lipinski definition) is 1. The summed E-state index contributed by atoms with van der Waals surface area (Å²) in [5, 5.41) is 7.70. The summed E-state index contributed by atoms with van der Waals surface area (Å²) >= 11 is 0. The van der Waals surface area contributed by atoms with Crippen molar-refractivity contribution in [1.29, 1.82) is 0 Å². The molecule has 3 heteroatoms. The predicted octanol–water partition coefficient (Wildman–Crippen LogP) is 2.74. The molecule has 0 atom stereocenters. The van der Waals surface area contributed by atoms with Crippen molar-refractivity contribution >= 4 is 0 Å². The SMILES string of the molecule is CNCCCc1cnn(C(C)C)c1C(C)C. The smallest absolute Gasteiger partial charge is 0.0524 e. The van der Waals surface area contributed by atoms with E-state index in [-0.39, 0.29) is 0 Å². The van der Waals surface area contributed by atoms with E-state index >= 15 is 0 Å². The average molecular weight is 223 g/mol. The number of aryl methyl sites for hydroxylation is 1. The minimum absolute atomic E-state index is 0.454. The maximum absolute atomic E-state index is 4.51. The molecule has 1 N–H and O–H groups in total. The van der Waals surface area contributed by atoms with Gasteiger partial charge in [-0.15, -0.1) is 0 Å². The second-order valence-electron chi connectivity index (χ2n) is 4.96. The van der Waals surface area contributed by atoms with Crippen LogP contribution < -0.4 is 5.32 Å². The molecule has 0 amide bonds. The van der Waals surface area contributed by atoms with Crippen LogP contribution in [0.15, 0.2) is 6.20 Å². The van der Waals surface area contributed by atoms with Gasteiger partial charge >= 0.3 is 0 Å². The Labute approximate surface area is 99.2 Å². The largest absolute Gasteiger partial charge is 0.320 e. The van der Waals surface area contributed by atoms with Crippen LogP contribution in [0.3, 0.4) is 0 Å². The van der Waals surface area contributed by atoms with Gasteiger partial charge < -0.3 is 5.32 Å². The van der Waals surface area contributed by atoms with E-state index in [0.29, 0.717) is 12.0 Å². The summed E-state index contributed by atoms with van der Waals surface area (Å²) in [6.07, 6.45) is 4.35. The van der Waals surface area contributed by atoms with Crippen LogP contribution in [0.25, 0.3) is 0 Å². The van der Waals surface area contributed by atoms with Crippen LogP contribution in [0.2, 0.25) is 0 Å². The molecule has 16 heavy (non-hydrogen) atoms. The summed E-state index contributed by atoms with van der Waals surface area (Å²) in [5.41, 5.74) is 2.82. The van der Waals surface area contributed by atoms with Gasteiger partial charge in [-0.2, -0.15) is 5.10 Å². The molecule has 0 aliphatic carbocycles. The molecule has 0 saturated carbocycles. The molecule has 0 aliphatic rings. The van der Waals surface area contributed by atoms with Gasteiger partial charge in [-0.3, -0.25) is 4.68 Å². The third-order valence-electron chi connectivity index (χ3n) is 2.82. The van der Waals surface area contributed by atoms with Gasteiger partial charge in [-0.25, -0.2) is 0 Å². The lowest BCUT2D eigenvalue weighted by Gasteiger charge is -2.15. The van der Waals surface area contributed by atoms with Gasteiger partial charge in [0.15, 0.2) is 0 Å². The van der Waals surface area contributed by atoms with E-state index in [2.05, 4.69) is 42.8 Å². The minimum atomic E-state index is 0.454. The third-order valence-corrected chi connectivity index (χ3v) is 2.82. The quantitative estimate of drug-likeness (QED) is 0.752. The van der Waals surface area contributed by atoms with Crippen LogP contribution in [-0.2, 0) is 6.42 Å². The molecule has 1 heterocycles. The summed E-state index contributed by atoms with van der Waals surface area (Å²) in [6.45, 7) is 9.95. The molecular weight excluding hydrogens is 198 g/mol. The monoisotopic (exact) mass is 223 g/mol. The Morgan fingerprint density at radius 1 is 1.31 bits per heavy atom. The van der Waals surface area contributed by atoms with Gasteiger partial charge in [0.05, 0.1) is 6.20 Å². The van der Waals surface area contributed by atoms with E-state index in [1.807, 2.05) is 13.2 Å². The molecule has 0 aliphatic heterocycles. The topological polar surface area (TPSA) is 29.9 Å². The standard InChI is InChI=1S/C13H25N3/c1-10(2)13-12(7-6-8-14-5)9-15-16(13)11(3)4/h9-11,14H,6-8H2,1-5H3. The Morgan fingerprint density at radius 2 is 2.00 bits per heavy atom. The van der Waals surface area contributed by atoms with Gasteiger partial charge in [0.25, 0.3) is 0 Å². The van der Waals surface area contributed by atoms with Crippen LogP contribution in [-0.4, -0.2) is 23.4 Å². The van der Waals surface area contributed by atoms with Gasteiger partial charge in [0, 0.05) is 11.7 Å². The summed E-state index contributed by atoms with van der Waals surface area (Å²) in [5.74, 6) is 0.550. The van der Waals surface area contributed by atoms with E-state index in [1.54, 1.807) is 0 Å². The molecule has 0 aromatic carbocycles. The Bertz CT molecular complexity index is 313. The maximum Gasteiger partial charge on any atom is 0.0524 e. The van der Waals surface area contributed by atoms with Gasteiger partial charge in [0.2, 0.25) is 0 Å². The van der Waals surface area contributed by atoms with Gasteiger partial charge in [-0.1, -0.05) is 13.8 Å². The summed E-state index contributed by atoms with van der Waals surface area (Å²) < 4.78 is 2.17. The van der Waals surface area contributed by atoms with Crippen LogP contribution in [0.5, 0.6) is 0 Å². The highest BCUT2D eigenvalue weighted by Gasteiger charge is 2.15. The van der Waals surface area contributed by atoms with Crippen molar-refractivity contribution in [3.05, 3.63) is 17.5 Å². The lowest BCUT2D eigenvalue weighted by atomic mass is 10.0. The fraction of sp³-hybridized carbons (Fsp3) is 0.769. The zero-order valence-corrected chi connectivity index (χ0v) is 11.2. The first kappa shape index (κ1) is 13.2. The number of aromatic nitrogens is 2. The van der Waals surface area contributed by atoms with Crippen molar-refractivity contribution < 1.29 is 0 Å². The van der Waals surface area contributed by atoms with Crippen molar-refractivity contribution in [2.75, 3.05) is 13.6 Å². The van der Waals surface area contributed by atoms with Crippen LogP contribution in [0, 0.1) is 0 Å². The van der Waals surface area contributed by atoms with Crippen molar-refractivity contribution in [2.45, 2.75) is 52.5 Å². The molecule has 0 bridgehead atoms. The van der Waals surface area contributed by atoms with Crippen LogP contribution in [0.4, 0.5) is 0 Å². The highest BCUT2D eigenvalue weighted by molar-refractivity contribution is 5.21. The molecule has 1 aromatic rings. The predicted molar refractivity (Wildman–Crippen MR) is 68.9 cm³/mol. The van der Waals surface area contributed by atoms with Crippen molar-refractivity contribution in [2.24, 2.45) is 0 Å². The lowest BCUT2D eigenvalue weighted by Crippen LogP contribution is -2.11. The van der Waals surface area contributed by atoms with Gasteiger partial charge in [0.1, 0.15) is 0 Å². The van der Waals surface area contributed by atoms with E-state index < -0.39 is 0 Å². The van der Waals surface area contributed by atoms with E-state index in [1.165, 1.54) is 17.7 Å². The lowest BCUT2D eigenvalue weighted by molar-refractivity contribution is 0.495. The zero-order chi connectivity index (χ0) is 12.1. The number of rotatable bonds is 6. The summed E-state index contributed by atoms with van der Waals surface area (Å²) in [6, 6.07) is 0.454. The molecule has 92 valence electrons. The molecule has 0 radical (unpaired) electrons. The minimum Gasteiger partial charge on any atom is -0.320 e. The van der Waals surface area contributed by atoms with Crippen molar-refractivity contribution in [3.8, 4) is 0 Å². The Hall–Kier alpha value is -0.830. The van der Waals surface area contributed by atoms with E-state index in [0.717, 1.165) is 13.0 Å². The number of hydrogen-bond acceptors (Lipinski definition) is 2. The second kappa shape index (κ2) is 6.04. The molecule has 3 nitrogen and oxygen atoms in total. The van der Waals surface area contributed by atoms with Crippen molar-refractivity contribution in [1.82, 2.24) is 15.1 Å². The summed E-state index contributed by atoms with van der Waals surface area (Å²) in [4.78, 5) is 0. The highest BCUT2D eigenvalue weighted by atomic mass is 15.3. The molecule has 0 spiro atoms. The van der Waals surface area contributed by atoms with E-state index in [9.17, 15) is 0 Å². The number of nitrogens with one attached hydrogen (secondary N) is 1. The summed E-state index contributed by atoms with van der Waals surface area (Å²) in [7, 11) is 2.00. The first-order chi connectivity index (χ1) is 7.57. The zero-order valence-electron chi connectivity index (χ0n) is 11.2. The fourth-order valence-corrected chi connectivity index (χ4v) is 2.10. The van der Waals surface area contributed by atoms with Crippen LogP contribution >= 0.6 is 0 Å². The highest BCUT2D eigenvalue weighted by Crippen LogP contribution is 2.23. The van der Waals surface area contributed by atoms with E-state index in [4.69, 9.17) is 0 Å². The average Bonchev–Trinajstić information content (AvgIpc) is 2.62.